The van der Waals surface area contributed by atoms with Crippen molar-refractivity contribution in [2.45, 2.75) is 19.9 Å². The topological polar surface area (TPSA) is 58.1 Å². The summed E-state index contributed by atoms with van der Waals surface area (Å²) in [4.78, 5) is 24.2. The number of piperazine rings is 1. The Morgan fingerprint density at radius 1 is 1.38 bits per heavy atom. The standard InChI is InChI=1S/C15H18N4OS/c1-10-14(18-11(2)21-10)15(20)19-8-7-17-9-13(19)12-3-5-16-6-4-12/h3-6,13,17H,7-9H2,1-2H3. The van der Waals surface area contributed by atoms with Gasteiger partial charge in [-0.25, -0.2) is 4.98 Å². The molecule has 2 aromatic rings. The smallest absolute Gasteiger partial charge is 0.274 e. The zero-order valence-corrected chi connectivity index (χ0v) is 13.0. The van der Waals surface area contributed by atoms with Crippen molar-refractivity contribution >= 4 is 17.2 Å². The van der Waals surface area contributed by atoms with E-state index in [-0.39, 0.29) is 11.9 Å². The van der Waals surface area contributed by atoms with Crippen molar-refractivity contribution in [1.29, 1.82) is 0 Å². The minimum absolute atomic E-state index is 0.0279. The van der Waals surface area contributed by atoms with Crippen LogP contribution in [0.15, 0.2) is 24.5 Å². The fourth-order valence-electron chi connectivity index (χ4n) is 2.69. The van der Waals surface area contributed by atoms with Crippen LogP contribution in [0.1, 0.15) is 32.0 Å². The van der Waals surface area contributed by atoms with Crippen LogP contribution in [0.5, 0.6) is 0 Å². The number of rotatable bonds is 2. The van der Waals surface area contributed by atoms with E-state index in [0.717, 1.165) is 28.5 Å². The van der Waals surface area contributed by atoms with Crippen LogP contribution in [-0.2, 0) is 0 Å². The normalized spacial score (nSPS) is 18.8. The van der Waals surface area contributed by atoms with Gasteiger partial charge in [-0.2, -0.15) is 0 Å². The summed E-state index contributed by atoms with van der Waals surface area (Å²) in [5.41, 5.74) is 1.70. The number of aryl methyl sites for hydroxylation is 2. The molecule has 2 aromatic heterocycles. The molecule has 1 unspecified atom stereocenters. The minimum Gasteiger partial charge on any atom is -0.328 e. The highest BCUT2D eigenvalue weighted by Crippen LogP contribution is 2.26. The third kappa shape index (κ3) is 2.82. The predicted molar refractivity (Wildman–Crippen MR) is 82.5 cm³/mol. The number of hydrogen-bond donors (Lipinski definition) is 1. The number of amides is 1. The van der Waals surface area contributed by atoms with E-state index in [9.17, 15) is 4.79 Å². The largest absolute Gasteiger partial charge is 0.328 e. The van der Waals surface area contributed by atoms with Gasteiger partial charge in [-0.1, -0.05) is 0 Å². The highest BCUT2D eigenvalue weighted by Gasteiger charge is 2.30. The summed E-state index contributed by atoms with van der Waals surface area (Å²) in [5.74, 6) is 0.0279. The highest BCUT2D eigenvalue weighted by atomic mass is 32.1. The van der Waals surface area contributed by atoms with Crippen molar-refractivity contribution in [3.63, 3.8) is 0 Å². The molecule has 110 valence electrons. The fraction of sp³-hybridized carbons (Fsp3) is 0.400. The lowest BCUT2D eigenvalue weighted by molar-refractivity contribution is 0.0628. The van der Waals surface area contributed by atoms with Crippen molar-refractivity contribution in [1.82, 2.24) is 20.2 Å². The molecule has 1 aliphatic heterocycles. The van der Waals surface area contributed by atoms with Crippen molar-refractivity contribution in [2.24, 2.45) is 0 Å². The number of carbonyl (C=O) groups is 1. The second kappa shape index (κ2) is 5.91. The number of carbonyl (C=O) groups excluding carboxylic acids is 1. The van der Waals surface area contributed by atoms with Crippen LogP contribution in [0.4, 0.5) is 0 Å². The van der Waals surface area contributed by atoms with Crippen LogP contribution >= 0.6 is 11.3 Å². The molecule has 5 nitrogen and oxygen atoms in total. The molecule has 1 fully saturated rings. The van der Waals surface area contributed by atoms with Crippen LogP contribution in [0.2, 0.25) is 0 Å². The summed E-state index contributed by atoms with van der Waals surface area (Å²) in [6.07, 6.45) is 3.54. The Hall–Kier alpha value is -1.79. The molecule has 0 spiro atoms. The van der Waals surface area contributed by atoms with E-state index < -0.39 is 0 Å². The maximum atomic E-state index is 12.8. The fourth-order valence-corrected chi connectivity index (χ4v) is 3.50. The van der Waals surface area contributed by atoms with Gasteiger partial charge in [-0.05, 0) is 31.5 Å². The quantitative estimate of drug-likeness (QED) is 0.921. The van der Waals surface area contributed by atoms with E-state index >= 15 is 0 Å². The summed E-state index contributed by atoms with van der Waals surface area (Å²) >= 11 is 1.57. The SMILES string of the molecule is Cc1nc(C(=O)N2CCNCC2c2ccncc2)c(C)s1. The Bertz CT molecular complexity index is 640. The Morgan fingerprint density at radius 3 is 2.81 bits per heavy atom. The van der Waals surface area contributed by atoms with E-state index in [4.69, 9.17) is 0 Å². The number of nitrogens with zero attached hydrogens (tertiary/aromatic N) is 3. The molecule has 0 radical (unpaired) electrons. The molecule has 1 amide bonds. The average molecular weight is 302 g/mol. The first kappa shape index (κ1) is 14.2. The lowest BCUT2D eigenvalue weighted by Crippen LogP contribution is -2.48. The van der Waals surface area contributed by atoms with Crippen LogP contribution in [0.3, 0.4) is 0 Å². The molecule has 1 aliphatic rings. The maximum Gasteiger partial charge on any atom is 0.274 e. The molecule has 0 saturated carbocycles. The molecule has 3 heterocycles. The van der Waals surface area contributed by atoms with Gasteiger partial charge in [0, 0.05) is 36.9 Å². The van der Waals surface area contributed by atoms with Crippen LogP contribution in [0, 0.1) is 13.8 Å². The van der Waals surface area contributed by atoms with E-state index in [1.54, 1.807) is 23.7 Å². The number of hydrogen-bond acceptors (Lipinski definition) is 5. The number of nitrogens with one attached hydrogen (secondary N) is 1. The van der Waals surface area contributed by atoms with Gasteiger partial charge >= 0.3 is 0 Å². The van der Waals surface area contributed by atoms with Crippen LogP contribution in [0.25, 0.3) is 0 Å². The molecule has 21 heavy (non-hydrogen) atoms. The van der Waals surface area contributed by atoms with Gasteiger partial charge in [-0.3, -0.25) is 9.78 Å². The summed E-state index contributed by atoms with van der Waals surface area (Å²) in [7, 11) is 0. The molecule has 1 atom stereocenters. The molecule has 1 saturated heterocycles. The minimum atomic E-state index is 0.0279. The Kier molecular flexibility index (Phi) is 3.98. The van der Waals surface area contributed by atoms with Gasteiger partial charge in [0.25, 0.3) is 5.91 Å². The van der Waals surface area contributed by atoms with Gasteiger partial charge in [0.15, 0.2) is 0 Å². The van der Waals surface area contributed by atoms with Crippen molar-refractivity contribution < 1.29 is 4.79 Å². The first-order valence-electron chi connectivity index (χ1n) is 7.02. The van der Waals surface area contributed by atoms with Gasteiger partial charge in [-0.15, -0.1) is 11.3 Å². The Balaban J connectivity index is 1.91. The van der Waals surface area contributed by atoms with Crippen LogP contribution in [-0.4, -0.2) is 40.4 Å². The Labute approximate surface area is 128 Å². The highest BCUT2D eigenvalue weighted by molar-refractivity contribution is 7.11. The molecule has 1 N–H and O–H groups in total. The Morgan fingerprint density at radius 2 is 2.14 bits per heavy atom. The van der Waals surface area contributed by atoms with Gasteiger partial charge in [0.1, 0.15) is 5.69 Å². The second-order valence-corrected chi connectivity index (χ2v) is 6.54. The summed E-state index contributed by atoms with van der Waals surface area (Å²) < 4.78 is 0. The monoisotopic (exact) mass is 302 g/mol. The average Bonchev–Trinajstić information content (AvgIpc) is 2.86. The van der Waals surface area contributed by atoms with E-state index in [2.05, 4.69) is 15.3 Å². The molecule has 6 heteroatoms. The molecular weight excluding hydrogens is 284 g/mol. The summed E-state index contributed by atoms with van der Waals surface area (Å²) in [6, 6.07) is 3.98. The number of thiazole rings is 1. The third-order valence-corrected chi connectivity index (χ3v) is 4.59. The van der Waals surface area contributed by atoms with Gasteiger partial charge < -0.3 is 10.2 Å². The van der Waals surface area contributed by atoms with E-state index in [1.165, 1.54) is 0 Å². The number of pyridine rings is 1. The van der Waals surface area contributed by atoms with Gasteiger partial charge in [0.2, 0.25) is 0 Å². The van der Waals surface area contributed by atoms with Crippen molar-refractivity contribution in [3.05, 3.63) is 45.7 Å². The van der Waals surface area contributed by atoms with Crippen molar-refractivity contribution in [3.8, 4) is 0 Å². The molecule has 0 aliphatic carbocycles. The maximum absolute atomic E-state index is 12.8. The lowest BCUT2D eigenvalue weighted by Gasteiger charge is -2.36. The zero-order valence-electron chi connectivity index (χ0n) is 12.2. The first-order chi connectivity index (χ1) is 10.2. The zero-order chi connectivity index (χ0) is 14.8. The van der Waals surface area contributed by atoms with E-state index in [1.807, 2.05) is 30.9 Å². The lowest BCUT2D eigenvalue weighted by atomic mass is 10.0. The van der Waals surface area contributed by atoms with Crippen molar-refractivity contribution in [2.75, 3.05) is 19.6 Å². The van der Waals surface area contributed by atoms with Gasteiger partial charge in [0.05, 0.1) is 11.0 Å². The number of aromatic nitrogens is 2. The molecule has 3 rings (SSSR count). The van der Waals surface area contributed by atoms with E-state index in [0.29, 0.717) is 12.2 Å². The predicted octanol–water partition coefficient (Wildman–Crippen LogP) is 1.94. The molecule has 0 aromatic carbocycles. The third-order valence-electron chi connectivity index (χ3n) is 3.70. The molecular formula is C15H18N4OS. The first-order valence-corrected chi connectivity index (χ1v) is 7.84. The van der Waals surface area contributed by atoms with Crippen LogP contribution < -0.4 is 5.32 Å². The second-order valence-electron chi connectivity index (χ2n) is 5.14. The summed E-state index contributed by atoms with van der Waals surface area (Å²) in [5, 5.41) is 4.29. The molecule has 0 bridgehead atoms. The summed E-state index contributed by atoms with van der Waals surface area (Å²) in [6.45, 7) is 6.17.